The minimum atomic E-state index is -0.529. The van der Waals surface area contributed by atoms with Gasteiger partial charge < -0.3 is 10.1 Å². The highest BCUT2D eigenvalue weighted by Crippen LogP contribution is 2.28. The minimum Gasteiger partial charge on any atom is -0.481 e. The van der Waals surface area contributed by atoms with Gasteiger partial charge in [-0.2, -0.15) is 0 Å². The summed E-state index contributed by atoms with van der Waals surface area (Å²) in [6.45, 7) is 0. The van der Waals surface area contributed by atoms with Crippen molar-refractivity contribution in [2.24, 2.45) is 0 Å². The van der Waals surface area contributed by atoms with E-state index in [2.05, 4.69) is 20.3 Å². The van der Waals surface area contributed by atoms with Crippen LogP contribution in [0.3, 0.4) is 0 Å². The molecule has 8 heteroatoms. The summed E-state index contributed by atoms with van der Waals surface area (Å²) < 4.78 is 4.94. The van der Waals surface area contributed by atoms with Gasteiger partial charge in [0, 0.05) is 24.9 Å². The maximum absolute atomic E-state index is 11.0. The molecule has 98 valence electrons. The second kappa shape index (κ2) is 5.25. The van der Waals surface area contributed by atoms with Crippen LogP contribution in [-0.2, 0) is 0 Å². The molecule has 0 aromatic carbocycles. The van der Waals surface area contributed by atoms with Crippen LogP contribution < -0.4 is 10.1 Å². The Balaban J connectivity index is 2.54. The summed E-state index contributed by atoms with van der Waals surface area (Å²) in [5, 5.41) is 13.7. The van der Waals surface area contributed by atoms with Crippen LogP contribution in [0.15, 0.2) is 24.5 Å². The Labute approximate surface area is 108 Å². The molecule has 0 fully saturated rings. The van der Waals surface area contributed by atoms with Gasteiger partial charge in [-0.3, -0.25) is 10.1 Å². The van der Waals surface area contributed by atoms with Crippen molar-refractivity contribution in [3.05, 3.63) is 34.6 Å². The number of ether oxygens (including phenoxy) is 1. The smallest absolute Gasteiger partial charge is 0.313 e. The van der Waals surface area contributed by atoms with Crippen molar-refractivity contribution in [3.8, 4) is 17.1 Å². The number of rotatable bonds is 4. The molecule has 0 saturated heterocycles. The number of nitrogens with one attached hydrogen (secondary N) is 1. The van der Waals surface area contributed by atoms with E-state index in [4.69, 9.17) is 4.74 Å². The molecule has 8 nitrogen and oxygen atoms in total. The largest absolute Gasteiger partial charge is 0.481 e. The Kier molecular flexibility index (Phi) is 3.51. The highest BCUT2D eigenvalue weighted by atomic mass is 16.6. The summed E-state index contributed by atoms with van der Waals surface area (Å²) in [6.07, 6.45) is 2.63. The van der Waals surface area contributed by atoms with Crippen LogP contribution in [0.5, 0.6) is 5.88 Å². The summed E-state index contributed by atoms with van der Waals surface area (Å²) >= 11 is 0. The number of methoxy groups -OCH3 is 1. The van der Waals surface area contributed by atoms with E-state index in [9.17, 15) is 10.1 Å². The van der Waals surface area contributed by atoms with E-state index < -0.39 is 4.92 Å². The van der Waals surface area contributed by atoms with E-state index in [0.29, 0.717) is 17.4 Å². The normalized spacial score (nSPS) is 10.0. The summed E-state index contributed by atoms with van der Waals surface area (Å²) in [6, 6.07) is 3.26. The number of nitro groups is 1. The second-order valence-electron chi connectivity index (χ2n) is 3.52. The average molecular weight is 261 g/mol. The molecule has 2 heterocycles. The van der Waals surface area contributed by atoms with E-state index in [1.807, 2.05) is 0 Å². The Morgan fingerprint density at radius 3 is 2.63 bits per heavy atom. The van der Waals surface area contributed by atoms with Crippen molar-refractivity contribution in [1.29, 1.82) is 0 Å². The molecule has 0 aliphatic rings. The van der Waals surface area contributed by atoms with Gasteiger partial charge in [-0.05, 0) is 6.07 Å². The molecular weight excluding hydrogens is 250 g/mol. The molecule has 0 amide bonds. The molecule has 0 aliphatic carbocycles. The van der Waals surface area contributed by atoms with Crippen LogP contribution >= 0.6 is 0 Å². The predicted octanol–water partition coefficient (Wildman–Crippen LogP) is 1.50. The van der Waals surface area contributed by atoms with Crippen LogP contribution in [0.2, 0.25) is 0 Å². The van der Waals surface area contributed by atoms with Crippen molar-refractivity contribution in [3.63, 3.8) is 0 Å². The molecule has 19 heavy (non-hydrogen) atoms. The molecule has 0 atom stereocenters. The Morgan fingerprint density at radius 1 is 1.32 bits per heavy atom. The first-order chi connectivity index (χ1) is 9.15. The van der Waals surface area contributed by atoms with Gasteiger partial charge in [0.05, 0.1) is 12.0 Å². The minimum absolute atomic E-state index is 0.175. The van der Waals surface area contributed by atoms with E-state index in [0.717, 1.165) is 0 Å². The molecule has 2 aromatic rings. The molecule has 0 aliphatic heterocycles. The second-order valence-corrected chi connectivity index (χ2v) is 3.52. The molecule has 0 bridgehead atoms. The van der Waals surface area contributed by atoms with E-state index >= 15 is 0 Å². The number of hydrogen-bond donors (Lipinski definition) is 1. The third-order valence-electron chi connectivity index (χ3n) is 2.41. The molecule has 2 rings (SSSR count). The Bertz CT molecular complexity index is 600. The summed E-state index contributed by atoms with van der Waals surface area (Å²) in [7, 11) is 3.13. The van der Waals surface area contributed by atoms with Crippen LogP contribution in [-0.4, -0.2) is 34.0 Å². The molecule has 2 aromatic heterocycles. The topological polar surface area (TPSA) is 103 Å². The molecule has 0 spiro atoms. The van der Waals surface area contributed by atoms with E-state index in [1.54, 1.807) is 19.2 Å². The van der Waals surface area contributed by atoms with Gasteiger partial charge in [0.2, 0.25) is 11.8 Å². The fourth-order valence-corrected chi connectivity index (χ4v) is 1.48. The van der Waals surface area contributed by atoms with E-state index in [1.165, 1.54) is 19.5 Å². The fraction of sp³-hybridized carbons (Fsp3) is 0.182. The van der Waals surface area contributed by atoms with Gasteiger partial charge in [-0.15, -0.1) is 0 Å². The quantitative estimate of drug-likeness (QED) is 0.656. The lowest BCUT2D eigenvalue weighted by Crippen LogP contribution is -2.02. The molecule has 0 unspecified atom stereocenters. The highest BCUT2D eigenvalue weighted by molar-refractivity contribution is 5.69. The van der Waals surface area contributed by atoms with Gasteiger partial charge in [-0.1, -0.05) is 0 Å². The van der Waals surface area contributed by atoms with Crippen molar-refractivity contribution < 1.29 is 9.66 Å². The van der Waals surface area contributed by atoms with Gasteiger partial charge >= 0.3 is 5.69 Å². The maximum atomic E-state index is 11.0. The lowest BCUT2D eigenvalue weighted by Gasteiger charge is -2.05. The summed E-state index contributed by atoms with van der Waals surface area (Å²) in [5.41, 5.74) is 0.553. The molecule has 0 radical (unpaired) electrons. The maximum Gasteiger partial charge on any atom is 0.313 e. The number of hydrogen-bond acceptors (Lipinski definition) is 7. The first-order valence-corrected chi connectivity index (χ1v) is 5.35. The molecular formula is C11H11N5O3. The van der Waals surface area contributed by atoms with Crippen LogP contribution in [0.25, 0.3) is 11.3 Å². The number of anilines is 1. The monoisotopic (exact) mass is 261 g/mol. The predicted molar refractivity (Wildman–Crippen MR) is 68.0 cm³/mol. The van der Waals surface area contributed by atoms with Crippen molar-refractivity contribution in [1.82, 2.24) is 15.0 Å². The summed E-state index contributed by atoms with van der Waals surface area (Å²) in [5.74, 6) is 0.728. The van der Waals surface area contributed by atoms with Crippen molar-refractivity contribution >= 4 is 11.6 Å². The van der Waals surface area contributed by atoms with Crippen LogP contribution in [0.4, 0.5) is 11.6 Å². The van der Waals surface area contributed by atoms with Gasteiger partial charge in [0.15, 0.2) is 5.69 Å². The number of aromatic nitrogens is 3. The number of pyridine rings is 1. The SMILES string of the molecule is CNc1ncc([N+](=O)[O-])c(-c2ccc(OC)nc2)n1. The summed E-state index contributed by atoms with van der Waals surface area (Å²) in [4.78, 5) is 22.4. The zero-order valence-electron chi connectivity index (χ0n) is 10.3. The average Bonchev–Trinajstić information content (AvgIpc) is 2.46. The zero-order valence-corrected chi connectivity index (χ0v) is 10.3. The Hall–Kier alpha value is -2.77. The van der Waals surface area contributed by atoms with Crippen molar-refractivity contribution in [2.45, 2.75) is 0 Å². The molecule has 0 saturated carbocycles. The lowest BCUT2D eigenvalue weighted by atomic mass is 10.2. The third-order valence-corrected chi connectivity index (χ3v) is 2.41. The first kappa shape index (κ1) is 12.7. The van der Waals surface area contributed by atoms with Crippen molar-refractivity contribution in [2.75, 3.05) is 19.5 Å². The fourth-order valence-electron chi connectivity index (χ4n) is 1.48. The third kappa shape index (κ3) is 2.57. The van der Waals surface area contributed by atoms with Crippen LogP contribution in [0, 0.1) is 10.1 Å². The lowest BCUT2D eigenvalue weighted by molar-refractivity contribution is -0.384. The Morgan fingerprint density at radius 2 is 2.11 bits per heavy atom. The number of nitrogens with zero attached hydrogens (tertiary/aromatic N) is 4. The first-order valence-electron chi connectivity index (χ1n) is 5.35. The molecule has 1 N–H and O–H groups in total. The highest BCUT2D eigenvalue weighted by Gasteiger charge is 2.19. The van der Waals surface area contributed by atoms with Gasteiger partial charge in [0.25, 0.3) is 0 Å². The standard InChI is InChI=1S/C11H11N5O3/c1-12-11-14-6-8(16(17)18)10(15-11)7-3-4-9(19-2)13-5-7/h3-6H,1-2H3,(H,12,14,15). The zero-order chi connectivity index (χ0) is 13.8. The van der Waals surface area contributed by atoms with Gasteiger partial charge in [0.1, 0.15) is 6.20 Å². The van der Waals surface area contributed by atoms with Gasteiger partial charge in [-0.25, -0.2) is 15.0 Å². The van der Waals surface area contributed by atoms with Crippen LogP contribution in [0.1, 0.15) is 0 Å². The van der Waals surface area contributed by atoms with E-state index in [-0.39, 0.29) is 11.4 Å².